The fraction of sp³-hybridized carbons (Fsp3) is 0.200. The number of hydrogen-bond acceptors (Lipinski definition) is 7. The summed E-state index contributed by atoms with van der Waals surface area (Å²) in [6, 6.07) is 14.7. The van der Waals surface area contributed by atoms with E-state index in [-0.39, 0.29) is 18.2 Å². The second-order valence-corrected chi connectivity index (χ2v) is 7.37. The molecule has 0 spiro atoms. The van der Waals surface area contributed by atoms with Gasteiger partial charge in [0.2, 0.25) is 5.91 Å². The Bertz CT molecular complexity index is 1040. The summed E-state index contributed by atoms with van der Waals surface area (Å²) in [6.45, 7) is -0.186. The highest BCUT2D eigenvalue weighted by molar-refractivity contribution is 7.99. The smallest absolute Gasteiger partial charge is 0.325 e. The molecule has 1 aromatic heterocycles. The summed E-state index contributed by atoms with van der Waals surface area (Å²) >= 11 is 7.23. The van der Waals surface area contributed by atoms with Crippen molar-refractivity contribution in [1.29, 1.82) is 0 Å². The van der Waals surface area contributed by atoms with Crippen LogP contribution in [0.4, 0.5) is 0 Å². The number of benzene rings is 2. The fourth-order valence-electron chi connectivity index (χ4n) is 2.56. The van der Waals surface area contributed by atoms with Crippen LogP contribution in [0.3, 0.4) is 0 Å². The van der Waals surface area contributed by atoms with Crippen molar-refractivity contribution >= 4 is 35.2 Å². The Morgan fingerprint density at radius 2 is 1.90 bits per heavy atom. The minimum Gasteiger partial charge on any atom is -0.497 e. The van der Waals surface area contributed by atoms with Gasteiger partial charge < -0.3 is 14.8 Å². The number of hydrogen-bond donors (Lipinski definition) is 1. The van der Waals surface area contributed by atoms with Gasteiger partial charge in [0, 0.05) is 16.3 Å². The van der Waals surface area contributed by atoms with E-state index in [1.54, 1.807) is 19.2 Å². The van der Waals surface area contributed by atoms with Crippen LogP contribution in [0.25, 0.3) is 17.1 Å². The van der Waals surface area contributed by atoms with E-state index in [0.29, 0.717) is 21.8 Å². The van der Waals surface area contributed by atoms with Crippen LogP contribution in [0.15, 0.2) is 53.7 Å². The molecule has 0 saturated carbocycles. The zero-order chi connectivity index (χ0) is 21.5. The van der Waals surface area contributed by atoms with Crippen LogP contribution < -0.4 is 10.1 Å². The molecular formula is C20H19ClN4O4S. The molecule has 8 nitrogen and oxygen atoms in total. The summed E-state index contributed by atoms with van der Waals surface area (Å²) in [5.74, 6) is 0.501. The van der Waals surface area contributed by atoms with Gasteiger partial charge in [0.1, 0.15) is 12.3 Å². The zero-order valence-corrected chi connectivity index (χ0v) is 17.9. The first-order valence-electron chi connectivity index (χ1n) is 8.84. The number of amides is 1. The van der Waals surface area contributed by atoms with Gasteiger partial charge in [-0.15, -0.1) is 10.2 Å². The number of esters is 1. The lowest BCUT2D eigenvalue weighted by atomic mass is 10.2. The average molecular weight is 447 g/mol. The Labute approximate surface area is 182 Å². The average Bonchev–Trinajstić information content (AvgIpc) is 3.20. The van der Waals surface area contributed by atoms with E-state index in [4.69, 9.17) is 16.3 Å². The van der Waals surface area contributed by atoms with Crippen molar-refractivity contribution in [2.75, 3.05) is 26.5 Å². The van der Waals surface area contributed by atoms with Crippen LogP contribution in [0.1, 0.15) is 0 Å². The maximum Gasteiger partial charge on any atom is 0.325 e. The minimum absolute atomic E-state index is 0.0564. The molecule has 1 N–H and O–H groups in total. The zero-order valence-electron chi connectivity index (χ0n) is 16.3. The standard InChI is InChI=1S/C20H19ClN4O4S/c1-28-16-5-3-4-13(10-16)19-23-24-20(25(19)15-8-6-14(21)7-9-15)30-12-17(26)22-11-18(27)29-2/h3-10H,11-12H2,1-2H3,(H,22,26). The topological polar surface area (TPSA) is 95.3 Å². The van der Waals surface area contributed by atoms with Gasteiger partial charge in [-0.3, -0.25) is 14.2 Å². The predicted molar refractivity (Wildman–Crippen MR) is 114 cm³/mol. The molecule has 156 valence electrons. The summed E-state index contributed by atoms with van der Waals surface area (Å²) in [7, 11) is 2.86. The maximum atomic E-state index is 12.1. The van der Waals surface area contributed by atoms with Crippen LogP contribution >= 0.6 is 23.4 Å². The third-order valence-corrected chi connectivity index (χ3v) is 5.22. The molecule has 3 rings (SSSR count). The van der Waals surface area contributed by atoms with Gasteiger partial charge in [0.05, 0.1) is 20.0 Å². The Balaban J connectivity index is 1.89. The normalized spacial score (nSPS) is 10.5. The van der Waals surface area contributed by atoms with Crippen LogP contribution in [0.5, 0.6) is 5.75 Å². The molecular weight excluding hydrogens is 428 g/mol. The third-order valence-electron chi connectivity index (χ3n) is 4.04. The lowest BCUT2D eigenvalue weighted by Gasteiger charge is -2.11. The SMILES string of the molecule is COC(=O)CNC(=O)CSc1nnc(-c2cccc(OC)c2)n1-c1ccc(Cl)cc1. The molecule has 1 amide bonds. The van der Waals surface area contributed by atoms with E-state index >= 15 is 0 Å². The Hall–Kier alpha value is -3.04. The molecule has 0 saturated heterocycles. The first-order valence-corrected chi connectivity index (χ1v) is 10.2. The predicted octanol–water partition coefficient (Wildman–Crippen LogP) is 2.98. The minimum atomic E-state index is -0.516. The molecule has 0 fully saturated rings. The largest absolute Gasteiger partial charge is 0.497 e. The van der Waals surface area contributed by atoms with Gasteiger partial charge >= 0.3 is 5.97 Å². The number of thioether (sulfide) groups is 1. The Morgan fingerprint density at radius 3 is 2.60 bits per heavy atom. The molecule has 0 bridgehead atoms. The van der Waals surface area contributed by atoms with Gasteiger partial charge in [0.25, 0.3) is 0 Å². The highest BCUT2D eigenvalue weighted by atomic mass is 35.5. The van der Waals surface area contributed by atoms with E-state index in [1.165, 1.54) is 18.9 Å². The van der Waals surface area contributed by atoms with Crippen molar-refractivity contribution < 1.29 is 19.1 Å². The van der Waals surface area contributed by atoms with E-state index in [0.717, 1.165) is 11.3 Å². The lowest BCUT2D eigenvalue weighted by Crippen LogP contribution is -2.31. The number of aromatic nitrogens is 3. The molecule has 0 radical (unpaired) electrons. The fourth-order valence-corrected chi connectivity index (χ4v) is 3.47. The van der Waals surface area contributed by atoms with Gasteiger partial charge in [-0.05, 0) is 36.4 Å². The number of carbonyl (C=O) groups excluding carboxylic acids is 2. The van der Waals surface area contributed by atoms with Crippen molar-refractivity contribution in [1.82, 2.24) is 20.1 Å². The number of methoxy groups -OCH3 is 2. The van der Waals surface area contributed by atoms with Gasteiger partial charge in [-0.2, -0.15) is 0 Å². The third kappa shape index (κ3) is 5.31. The van der Waals surface area contributed by atoms with Crippen molar-refractivity contribution in [3.63, 3.8) is 0 Å². The van der Waals surface area contributed by atoms with Crippen molar-refractivity contribution in [3.8, 4) is 22.8 Å². The molecule has 0 aliphatic rings. The second-order valence-electron chi connectivity index (χ2n) is 5.99. The molecule has 0 aliphatic heterocycles. The lowest BCUT2D eigenvalue weighted by molar-refractivity contribution is -0.140. The van der Waals surface area contributed by atoms with Gasteiger partial charge in [-0.1, -0.05) is 35.5 Å². The number of rotatable bonds is 8. The Morgan fingerprint density at radius 1 is 1.13 bits per heavy atom. The molecule has 0 atom stereocenters. The number of ether oxygens (including phenoxy) is 2. The van der Waals surface area contributed by atoms with Gasteiger partial charge in [0.15, 0.2) is 11.0 Å². The van der Waals surface area contributed by atoms with Crippen LogP contribution in [-0.2, 0) is 14.3 Å². The first kappa shape index (κ1) is 21.7. The summed E-state index contributed by atoms with van der Waals surface area (Å²) in [4.78, 5) is 23.2. The summed E-state index contributed by atoms with van der Waals surface area (Å²) in [6.07, 6.45) is 0. The highest BCUT2D eigenvalue weighted by Crippen LogP contribution is 2.30. The Kier molecular flexibility index (Phi) is 7.31. The van der Waals surface area contributed by atoms with Crippen molar-refractivity contribution in [2.45, 2.75) is 5.16 Å². The van der Waals surface area contributed by atoms with Crippen LogP contribution in [-0.4, -0.2) is 53.2 Å². The van der Waals surface area contributed by atoms with Crippen LogP contribution in [0, 0.1) is 0 Å². The van der Waals surface area contributed by atoms with E-state index in [2.05, 4.69) is 20.3 Å². The molecule has 2 aromatic carbocycles. The number of nitrogens with zero attached hydrogens (tertiary/aromatic N) is 3. The molecule has 0 unspecified atom stereocenters. The van der Waals surface area contributed by atoms with Crippen LogP contribution in [0.2, 0.25) is 5.02 Å². The van der Waals surface area contributed by atoms with E-state index in [9.17, 15) is 9.59 Å². The molecule has 10 heteroatoms. The molecule has 0 aliphatic carbocycles. The van der Waals surface area contributed by atoms with E-state index in [1.807, 2.05) is 41.0 Å². The highest BCUT2D eigenvalue weighted by Gasteiger charge is 2.18. The molecule has 30 heavy (non-hydrogen) atoms. The van der Waals surface area contributed by atoms with Gasteiger partial charge in [-0.25, -0.2) is 0 Å². The number of halogens is 1. The second kappa shape index (κ2) is 10.1. The summed E-state index contributed by atoms with van der Waals surface area (Å²) in [5, 5.41) is 12.2. The summed E-state index contributed by atoms with van der Waals surface area (Å²) < 4.78 is 11.7. The molecule has 1 heterocycles. The summed E-state index contributed by atoms with van der Waals surface area (Å²) in [5.41, 5.74) is 1.60. The number of nitrogens with one attached hydrogen (secondary N) is 1. The monoisotopic (exact) mass is 446 g/mol. The van der Waals surface area contributed by atoms with E-state index < -0.39 is 5.97 Å². The quantitative estimate of drug-likeness (QED) is 0.419. The first-order chi connectivity index (χ1) is 14.5. The maximum absolute atomic E-state index is 12.1. The van der Waals surface area contributed by atoms with Crippen molar-refractivity contribution in [3.05, 3.63) is 53.6 Å². The van der Waals surface area contributed by atoms with Crippen molar-refractivity contribution in [2.24, 2.45) is 0 Å². The number of carbonyl (C=O) groups is 2. The molecule has 3 aromatic rings.